The molecule has 4 heteroatoms. The van der Waals surface area contributed by atoms with Gasteiger partial charge in [-0.3, -0.25) is 0 Å². The molecule has 0 saturated heterocycles. The predicted molar refractivity (Wildman–Crippen MR) is 69.8 cm³/mol. The first kappa shape index (κ1) is 11.0. The minimum absolute atomic E-state index is 0.457. The summed E-state index contributed by atoms with van der Waals surface area (Å²) < 4.78 is 5.65. The molecule has 1 aliphatic heterocycles. The van der Waals surface area contributed by atoms with Gasteiger partial charge in [0.1, 0.15) is 5.75 Å². The van der Waals surface area contributed by atoms with E-state index in [-0.39, 0.29) is 0 Å². The SMILES string of the molecule is c1cnc(NCC2CCOc3ccccc32)nc1. The number of fused-ring (bicyclic) bond motifs is 1. The van der Waals surface area contributed by atoms with E-state index in [1.54, 1.807) is 12.4 Å². The molecule has 92 valence electrons. The second-order valence-corrected chi connectivity index (χ2v) is 4.33. The molecular weight excluding hydrogens is 226 g/mol. The Balaban J connectivity index is 1.71. The Morgan fingerprint density at radius 3 is 2.89 bits per heavy atom. The summed E-state index contributed by atoms with van der Waals surface area (Å²) in [6.45, 7) is 1.61. The lowest BCUT2D eigenvalue weighted by Crippen LogP contribution is -2.21. The molecule has 1 aromatic heterocycles. The molecule has 4 nitrogen and oxygen atoms in total. The highest BCUT2D eigenvalue weighted by molar-refractivity contribution is 5.39. The third kappa shape index (κ3) is 2.27. The van der Waals surface area contributed by atoms with Gasteiger partial charge < -0.3 is 10.1 Å². The Labute approximate surface area is 106 Å². The standard InChI is InChI=1S/C14H15N3O/c1-2-5-13-12(4-1)11(6-9-18-13)10-17-14-15-7-3-8-16-14/h1-5,7-8,11H,6,9-10H2,(H,15,16,17). The lowest BCUT2D eigenvalue weighted by Gasteiger charge is -2.25. The fraction of sp³-hybridized carbons (Fsp3) is 0.286. The van der Waals surface area contributed by atoms with Crippen LogP contribution in [0.25, 0.3) is 0 Å². The zero-order valence-electron chi connectivity index (χ0n) is 10.0. The van der Waals surface area contributed by atoms with Crippen molar-refractivity contribution in [1.82, 2.24) is 9.97 Å². The molecule has 2 heterocycles. The van der Waals surface area contributed by atoms with E-state index in [1.165, 1.54) is 5.56 Å². The molecule has 0 spiro atoms. The first-order valence-corrected chi connectivity index (χ1v) is 6.16. The van der Waals surface area contributed by atoms with Gasteiger partial charge in [-0.2, -0.15) is 0 Å². The van der Waals surface area contributed by atoms with Crippen molar-refractivity contribution in [3.8, 4) is 5.75 Å². The number of hydrogen-bond acceptors (Lipinski definition) is 4. The van der Waals surface area contributed by atoms with Crippen LogP contribution in [0.5, 0.6) is 5.75 Å². The van der Waals surface area contributed by atoms with Gasteiger partial charge in [0, 0.05) is 24.9 Å². The highest BCUT2D eigenvalue weighted by atomic mass is 16.5. The van der Waals surface area contributed by atoms with Gasteiger partial charge in [0.25, 0.3) is 0 Å². The molecule has 0 aliphatic carbocycles. The van der Waals surface area contributed by atoms with Crippen LogP contribution in [0.1, 0.15) is 17.9 Å². The monoisotopic (exact) mass is 241 g/mol. The lowest BCUT2D eigenvalue weighted by atomic mass is 9.93. The molecule has 0 fully saturated rings. The maximum Gasteiger partial charge on any atom is 0.222 e. The minimum atomic E-state index is 0.457. The second-order valence-electron chi connectivity index (χ2n) is 4.33. The molecule has 0 saturated carbocycles. The number of nitrogens with one attached hydrogen (secondary N) is 1. The normalized spacial score (nSPS) is 17.7. The van der Waals surface area contributed by atoms with Gasteiger partial charge in [0.15, 0.2) is 0 Å². The Bertz CT molecular complexity index is 515. The van der Waals surface area contributed by atoms with E-state index >= 15 is 0 Å². The quantitative estimate of drug-likeness (QED) is 0.896. The highest BCUT2D eigenvalue weighted by Gasteiger charge is 2.20. The molecule has 1 N–H and O–H groups in total. The number of benzene rings is 1. The number of rotatable bonds is 3. The average Bonchev–Trinajstić information content (AvgIpc) is 2.46. The maximum absolute atomic E-state index is 5.65. The molecule has 1 aliphatic rings. The molecule has 1 unspecified atom stereocenters. The zero-order valence-corrected chi connectivity index (χ0v) is 10.0. The second kappa shape index (κ2) is 5.04. The summed E-state index contributed by atoms with van der Waals surface area (Å²) in [5.74, 6) is 2.14. The van der Waals surface area contributed by atoms with Crippen LogP contribution in [0.15, 0.2) is 42.7 Å². The fourth-order valence-electron chi connectivity index (χ4n) is 2.23. The summed E-state index contributed by atoms with van der Waals surface area (Å²) in [6.07, 6.45) is 4.51. The summed E-state index contributed by atoms with van der Waals surface area (Å²) >= 11 is 0. The molecule has 18 heavy (non-hydrogen) atoms. The van der Waals surface area contributed by atoms with Gasteiger partial charge in [-0.05, 0) is 24.1 Å². The van der Waals surface area contributed by atoms with E-state index in [1.807, 2.05) is 18.2 Å². The highest BCUT2D eigenvalue weighted by Crippen LogP contribution is 2.33. The summed E-state index contributed by atoms with van der Waals surface area (Å²) in [4.78, 5) is 8.33. The number of anilines is 1. The molecule has 3 rings (SSSR count). The largest absolute Gasteiger partial charge is 0.493 e. The van der Waals surface area contributed by atoms with Gasteiger partial charge in [0.05, 0.1) is 6.61 Å². The molecule has 1 aromatic carbocycles. The Kier molecular flexibility index (Phi) is 3.08. The van der Waals surface area contributed by atoms with Gasteiger partial charge in [0.2, 0.25) is 5.95 Å². The number of nitrogens with zero attached hydrogens (tertiary/aromatic N) is 2. The van der Waals surface area contributed by atoms with Crippen LogP contribution in [0, 0.1) is 0 Å². The Hall–Kier alpha value is -2.10. The summed E-state index contributed by atoms with van der Waals surface area (Å²) in [7, 11) is 0. The van der Waals surface area contributed by atoms with Crippen molar-refractivity contribution in [2.75, 3.05) is 18.5 Å². The topological polar surface area (TPSA) is 47.0 Å². The van der Waals surface area contributed by atoms with Crippen LogP contribution < -0.4 is 10.1 Å². The van der Waals surface area contributed by atoms with Crippen molar-refractivity contribution in [3.63, 3.8) is 0 Å². The Morgan fingerprint density at radius 2 is 2.00 bits per heavy atom. The number of hydrogen-bond donors (Lipinski definition) is 1. The van der Waals surface area contributed by atoms with Crippen LogP contribution in [0.3, 0.4) is 0 Å². The van der Waals surface area contributed by atoms with E-state index in [0.717, 1.165) is 25.3 Å². The van der Waals surface area contributed by atoms with Crippen LogP contribution in [-0.2, 0) is 0 Å². The van der Waals surface area contributed by atoms with Crippen molar-refractivity contribution < 1.29 is 4.74 Å². The molecule has 1 atom stereocenters. The van der Waals surface area contributed by atoms with E-state index in [0.29, 0.717) is 11.9 Å². The van der Waals surface area contributed by atoms with Crippen molar-refractivity contribution >= 4 is 5.95 Å². The smallest absolute Gasteiger partial charge is 0.222 e. The van der Waals surface area contributed by atoms with E-state index < -0.39 is 0 Å². The minimum Gasteiger partial charge on any atom is -0.493 e. The lowest BCUT2D eigenvalue weighted by molar-refractivity contribution is 0.270. The van der Waals surface area contributed by atoms with Gasteiger partial charge in [-0.25, -0.2) is 9.97 Å². The molecule has 0 bridgehead atoms. The van der Waals surface area contributed by atoms with Gasteiger partial charge in [-0.15, -0.1) is 0 Å². The fourth-order valence-corrected chi connectivity index (χ4v) is 2.23. The number of ether oxygens (including phenoxy) is 1. The van der Waals surface area contributed by atoms with Crippen LogP contribution >= 0.6 is 0 Å². The van der Waals surface area contributed by atoms with Crippen molar-refractivity contribution in [1.29, 1.82) is 0 Å². The van der Waals surface area contributed by atoms with E-state index in [9.17, 15) is 0 Å². The van der Waals surface area contributed by atoms with Crippen molar-refractivity contribution in [2.45, 2.75) is 12.3 Å². The number of aromatic nitrogens is 2. The molecule has 2 aromatic rings. The Morgan fingerprint density at radius 1 is 1.17 bits per heavy atom. The van der Waals surface area contributed by atoms with Crippen LogP contribution in [0.2, 0.25) is 0 Å². The molecular formula is C14H15N3O. The first-order valence-electron chi connectivity index (χ1n) is 6.16. The zero-order chi connectivity index (χ0) is 12.2. The first-order chi connectivity index (χ1) is 8.93. The predicted octanol–water partition coefficient (Wildman–Crippen LogP) is 2.45. The third-order valence-corrected chi connectivity index (χ3v) is 3.16. The third-order valence-electron chi connectivity index (χ3n) is 3.16. The average molecular weight is 241 g/mol. The number of para-hydroxylation sites is 1. The van der Waals surface area contributed by atoms with E-state index in [4.69, 9.17) is 4.74 Å². The summed E-state index contributed by atoms with van der Waals surface area (Å²) in [5.41, 5.74) is 1.27. The van der Waals surface area contributed by atoms with Crippen LogP contribution in [-0.4, -0.2) is 23.1 Å². The maximum atomic E-state index is 5.65. The molecule has 0 amide bonds. The van der Waals surface area contributed by atoms with Crippen molar-refractivity contribution in [3.05, 3.63) is 48.3 Å². The summed E-state index contributed by atoms with van der Waals surface area (Å²) in [6, 6.07) is 10.0. The van der Waals surface area contributed by atoms with Gasteiger partial charge >= 0.3 is 0 Å². The molecule has 0 radical (unpaired) electrons. The van der Waals surface area contributed by atoms with Crippen molar-refractivity contribution in [2.24, 2.45) is 0 Å². The summed E-state index contributed by atoms with van der Waals surface area (Å²) in [5, 5.41) is 3.28. The van der Waals surface area contributed by atoms with Crippen LogP contribution in [0.4, 0.5) is 5.95 Å². The van der Waals surface area contributed by atoms with E-state index in [2.05, 4.69) is 27.4 Å². The van der Waals surface area contributed by atoms with Gasteiger partial charge in [-0.1, -0.05) is 18.2 Å².